The maximum absolute atomic E-state index is 13.4. The van der Waals surface area contributed by atoms with Crippen molar-refractivity contribution in [3.63, 3.8) is 0 Å². The van der Waals surface area contributed by atoms with Gasteiger partial charge in [0.2, 0.25) is 5.91 Å². The molecular weight excluding hydrogens is 546 g/mol. The van der Waals surface area contributed by atoms with Gasteiger partial charge >= 0.3 is 5.97 Å². The van der Waals surface area contributed by atoms with Crippen molar-refractivity contribution in [3.8, 4) is 0 Å². The van der Waals surface area contributed by atoms with Gasteiger partial charge in [-0.3, -0.25) is 14.4 Å². The Bertz CT molecular complexity index is 1380. The van der Waals surface area contributed by atoms with Crippen molar-refractivity contribution in [2.75, 3.05) is 16.8 Å². The lowest BCUT2D eigenvalue weighted by molar-refractivity contribution is -0.138. The number of carbonyl (C=O) groups excluding carboxylic acids is 2. The number of benzene rings is 3. The summed E-state index contributed by atoms with van der Waals surface area (Å²) in [5, 5.41) is 13.4. The Morgan fingerprint density at radius 2 is 1.57 bits per heavy atom. The summed E-state index contributed by atoms with van der Waals surface area (Å²) >= 11 is 12.3. The molecule has 0 heterocycles. The zero-order chi connectivity index (χ0) is 29.8. The summed E-state index contributed by atoms with van der Waals surface area (Å²) in [6.45, 7) is 10.3. The monoisotopic (exact) mass is 580 g/mol. The first-order chi connectivity index (χ1) is 18.7. The lowest BCUT2D eigenvalue weighted by Crippen LogP contribution is -2.43. The standard InChI is InChI=1S/C31H35BCl2N2O4/c1-18(2)17-36(30(40)31(3,4)5)26-16-20(11-14-23(26)32)22(29(38)39)15-19-9-12-21(13-10-19)35-28(37)27-24(33)7-6-8-25(27)34/h6-14,16,18,22H,15,17,32H2,1-5H3,(H,35,37)(H,38,39). The molecule has 210 valence electrons. The van der Waals surface area contributed by atoms with Crippen LogP contribution in [0.4, 0.5) is 11.4 Å². The molecule has 0 radical (unpaired) electrons. The molecule has 1 unspecified atom stereocenters. The number of halogens is 2. The molecular formula is C31H35BCl2N2O4. The second-order valence-electron chi connectivity index (χ2n) is 11.4. The maximum Gasteiger partial charge on any atom is 0.311 e. The van der Waals surface area contributed by atoms with Crippen LogP contribution >= 0.6 is 23.2 Å². The molecule has 0 aliphatic carbocycles. The molecule has 0 saturated carbocycles. The Balaban J connectivity index is 1.86. The highest BCUT2D eigenvalue weighted by molar-refractivity contribution is 6.40. The molecule has 0 spiro atoms. The first kappa shape index (κ1) is 31.2. The molecule has 3 rings (SSSR count). The summed E-state index contributed by atoms with van der Waals surface area (Å²) in [4.78, 5) is 40.3. The van der Waals surface area contributed by atoms with Gasteiger partial charge < -0.3 is 15.3 Å². The first-order valence-corrected chi connectivity index (χ1v) is 13.9. The second kappa shape index (κ2) is 12.9. The molecule has 1 atom stereocenters. The van der Waals surface area contributed by atoms with Gasteiger partial charge in [-0.05, 0) is 53.8 Å². The van der Waals surface area contributed by atoms with Crippen molar-refractivity contribution in [1.82, 2.24) is 0 Å². The number of carbonyl (C=O) groups is 3. The van der Waals surface area contributed by atoms with Crippen molar-refractivity contribution >= 4 is 65.7 Å². The van der Waals surface area contributed by atoms with Crippen LogP contribution in [0.25, 0.3) is 0 Å². The Morgan fingerprint density at radius 3 is 2.10 bits per heavy atom. The van der Waals surface area contributed by atoms with Gasteiger partial charge in [0.25, 0.3) is 5.91 Å². The SMILES string of the molecule is Bc1ccc(C(Cc2ccc(NC(=O)c3c(Cl)cccc3Cl)cc2)C(=O)O)cc1N(CC(C)C)C(=O)C(C)(C)C. The zero-order valence-corrected chi connectivity index (χ0v) is 25.2. The predicted molar refractivity (Wildman–Crippen MR) is 166 cm³/mol. The van der Waals surface area contributed by atoms with Crippen LogP contribution in [0.3, 0.4) is 0 Å². The van der Waals surface area contributed by atoms with Crippen LogP contribution in [0.15, 0.2) is 60.7 Å². The van der Waals surface area contributed by atoms with Crippen LogP contribution in [0.2, 0.25) is 10.0 Å². The fourth-order valence-electron chi connectivity index (χ4n) is 4.41. The average Bonchev–Trinajstić information content (AvgIpc) is 2.86. The van der Waals surface area contributed by atoms with Gasteiger partial charge in [0, 0.05) is 23.3 Å². The lowest BCUT2D eigenvalue weighted by Gasteiger charge is -2.32. The molecule has 40 heavy (non-hydrogen) atoms. The summed E-state index contributed by atoms with van der Waals surface area (Å²) in [6.07, 6.45) is 0.236. The average molecular weight is 581 g/mol. The Morgan fingerprint density at radius 1 is 0.975 bits per heavy atom. The summed E-state index contributed by atoms with van der Waals surface area (Å²) in [5.74, 6) is -2.00. The van der Waals surface area contributed by atoms with E-state index >= 15 is 0 Å². The Labute approximate surface area is 247 Å². The number of nitrogens with zero attached hydrogens (tertiary/aromatic N) is 1. The number of carboxylic acids is 1. The van der Waals surface area contributed by atoms with Crippen molar-refractivity contribution in [3.05, 3.63) is 87.4 Å². The minimum atomic E-state index is -0.960. The fourth-order valence-corrected chi connectivity index (χ4v) is 4.98. The van der Waals surface area contributed by atoms with Crippen LogP contribution < -0.4 is 15.7 Å². The van der Waals surface area contributed by atoms with E-state index in [0.29, 0.717) is 17.8 Å². The predicted octanol–water partition coefficient (Wildman–Crippen LogP) is 5.95. The quantitative estimate of drug-likeness (QED) is 0.306. The molecule has 3 aromatic rings. The van der Waals surface area contributed by atoms with E-state index < -0.39 is 23.2 Å². The number of aliphatic carboxylic acids is 1. The van der Waals surface area contributed by atoms with Crippen molar-refractivity contribution in [1.29, 1.82) is 0 Å². The molecule has 0 saturated heterocycles. The highest BCUT2D eigenvalue weighted by atomic mass is 35.5. The van der Waals surface area contributed by atoms with E-state index in [1.54, 1.807) is 47.4 Å². The van der Waals surface area contributed by atoms with Crippen LogP contribution in [0.5, 0.6) is 0 Å². The van der Waals surface area contributed by atoms with E-state index in [4.69, 9.17) is 23.2 Å². The second-order valence-corrected chi connectivity index (χ2v) is 12.3. The van der Waals surface area contributed by atoms with E-state index in [1.165, 1.54) is 0 Å². The summed E-state index contributed by atoms with van der Waals surface area (Å²) in [7, 11) is 1.93. The van der Waals surface area contributed by atoms with Crippen LogP contribution in [0.1, 0.15) is 62.0 Å². The zero-order valence-electron chi connectivity index (χ0n) is 23.7. The third kappa shape index (κ3) is 7.67. The number of hydrogen-bond acceptors (Lipinski definition) is 3. The largest absolute Gasteiger partial charge is 0.481 e. The molecule has 0 aromatic heterocycles. The van der Waals surface area contributed by atoms with Crippen LogP contribution in [0, 0.1) is 11.3 Å². The lowest BCUT2D eigenvalue weighted by atomic mass is 9.85. The highest BCUT2D eigenvalue weighted by Gasteiger charge is 2.30. The number of nitrogens with one attached hydrogen (secondary N) is 1. The molecule has 0 bridgehead atoms. The van der Waals surface area contributed by atoms with E-state index in [1.807, 2.05) is 46.8 Å². The number of hydrogen-bond donors (Lipinski definition) is 2. The number of rotatable bonds is 9. The molecule has 0 aliphatic heterocycles. The molecule has 2 N–H and O–H groups in total. The van der Waals surface area contributed by atoms with E-state index in [-0.39, 0.29) is 33.9 Å². The van der Waals surface area contributed by atoms with Gasteiger partial charge in [0.1, 0.15) is 7.85 Å². The third-order valence-corrected chi connectivity index (χ3v) is 7.13. The van der Waals surface area contributed by atoms with Gasteiger partial charge in [-0.25, -0.2) is 0 Å². The molecule has 0 aliphatic rings. The van der Waals surface area contributed by atoms with Gasteiger partial charge in [0.05, 0.1) is 21.5 Å². The third-order valence-electron chi connectivity index (χ3n) is 6.50. The van der Waals surface area contributed by atoms with Gasteiger partial charge in [0.15, 0.2) is 0 Å². The normalized spacial score (nSPS) is 12.2. The maximum atomic E-state index is 13.4. The van der Waals surface area contributed by atoms with Crippen molar-refractivity contribution in [2.24, 2.45) is 11.3 Å². The van der Waals surface area contributed by atoms with Crippen molar-refractivity contribution < 1.29 is 19.5 Å². The molecule has 9 heteroatoms. The van der Waals surface area contributed by atoms with Gasteiger partial charge in [-0.15, -0.1) is 0 Å². The van der Waals surface area contributed by atoms with E-state index in [2.05, 4.69) is 19.2 Å². The van der Waals surface area contributed by atoms with E-state index in [9.17, 15) is 19.5 Å². The molecule has 0 fully saturated rings. The fraction of sp³-hybridized carbons (Fsp3) is 0.323. The number of amides is 2. The molecule has 2 amide bonds. The highest BCUT2D eigenvalue weighted by Crippen LogP contribution is 2.29. The minimum absolute atomic E-state index is 0.0101. The summed E-state index contributed by atoms with van der Waals surface area (Å²) in [6, 6.07) is 17.4. The summed E-state index contributed by atoms with van der Waals surface area (Å²) in [5.41, 5.74) is 3.17. The molecule has 6 nitrogen and oxygen atoms in total. The number of anilines is 2. The van der Waals surface area contributed by atoms with Crippen molar-refractivity contribution in [2.45, 2.75) is 47.0 Å². The summed E-state index contributed by atoms with van der Waals surface area (Å²) < 4.78 is 0. The van der Waals surface area contributed by atoms with Gasteiger partial charge in [-0.2, -0.15) is 0 Å². The molecule has 3 aromatic carbocycles. The number of carboxylic acid groups (broad SMARTS) is 1. The topological polar surface area (TPSA) is 86.7 Å². The van der Waals surface area contributed by atoms with Crippen LogP contribution in [-0.4, -0.2) is 37.3 Å². The van der Waals surface area contributed by atoms with Crippen LogP contribution in [-0.2, 0) is 16.0 Å². The van der Waals surface area contributed by atoms with Gasteiger partial charge in [-0.1, -0.05) is 93.6 Å². The van der Waals surface area contributed by atoms with E-state index in [0.717, 1.165) is 16.7 Å². The first-order valence-electron chi connectivity index (χ1n) is 13.2. The smallest absolute Gasteiger partial charge is 0.311 e. The Kier molecular flexibility index (Phi) is 10.1. The Hall–Kier alpha value is -3.29. The minimum Gasteiger partial charge on any atom is -0.481 e.